The fraction of sp³-hybridized carbons (Fsp3) is 0.353. The highest BCUT2D eigenvalue weighted by Gasteiger charge is 2.43. The fourth-order valence-corrected chi connectivity index (χ4v) is 7.04. The van der Waals surface area contributed by atoms with Crippen molar-refractivity contribution < 1.29 is 18.7 Å². The molecule has 7 rings (SSSR count). The van der Waals surface area contributed by atoms with Crippen molar-refractivity contribution in [2.45, 2.75) is 58.0 Å². The molecule has 2 atom stereocenters. The molecule has 3 aromatic carbocycles. The lowest BCUT2D eigenvalue weighted by Gasteiger charge is -2.47. The van der Waals surface area contributed by atoms with E-state index in [0.717, 1.165) is 64.1 Å². The molecule has 5 aromatic rings. The topological polar surface area (TPSA) is 83.9 Å². The number of fused-ring (bicyclic) bond motifs is 4. The first-order valence-corrected chi connectivity index (χ1v) is 14.3. The number of rotatable bonds is 3. The molecule has 1 aliphatic carbocycles. The number of aliphatic hydroxyl groups is 1. The van der Waals surface area contributed by atoms with Gasteiger partial charge in [0.15, 0.2) is 0 Å². The standard InChI is InChI=1S/C34H33NO5/c1-20-26-16-28-29(24-11-10-22-7-3-4-8-23(22)15-24)19-39-31(28)21(2)32(26)40-33(37)27(20)17-30(36)35-14-13-34(38)12-6-5-9-25(34)18-35/h3-4,7-8,10-11,15-16,19,25,38H,5-6,9,12-14,17-18H2,1-2H3/t25-,34+/m0/s1. The largest absolute Gasteiger partial charge is 0.463 e. The molecule has 0 unspecified atom stereocenters. The summed E-state index contributed by atoms with van der Waals surface area (Å²) in [6.45, 7) is 4.88. The molecule has 3 heterocycles. The Morgan fingerprint density at radius 3 is 2.67 bits per heavy atom. The molecule has 6 nitrogen and oxygen atoms in total. The van der Waals surface area contributed by atoms with Crippen LogP contribution in [0.25, 0.3) is 43.8 Å². The number of benzene rings is 3. The third-order valence-corrected chi connectivity index (χ3v) is 9.51. The summed E-state index contributed by atoms with van der Waals surface area (Å²) < 4.78 is 11.9. The number of amides is 1. The maximum Gasteiger partial charge on any atom is 0.340 e. The number of carbonyl (C=O) groups excluding carboxylic acids is 1. The van der Waals surface area contributed by atoms with Crippen molar-refractivity contribution in [3.63, 3.8) is 0 Å². The van der Waals surface area contributed by atoms with Gasteiger partial charge in [-0.1, -0.05) is 49.2 Å². The van der Waals surface area contributed by atoms with E-state index < -0.39 is 11.2 Å². The van der Waals surface area contributed by atoms with Gasteiger partial charge in [0.05, 0.1) is 23.8 Å². The molecule has 2 aromatic heterocycles. The highest BCUT2D eigenvalue weighted by Crippen LogP contribution is 2.41. The van der Waals surface area contributed by atoms with E-state index in [1.807, 2.05) is 36.9 Å². The van der Waals surface area contributed by atoms with Gasteiger partial charge in [0, 0.05) is 40.9 Å². The number of likely N-dealkylation sites (tertiary alicyclic amines) is 1. The minimum Gasteiger partial charge on any atom is -0.463 e. The lowest BCUT2D eigenvalue weighted by Crippen LogP contribution is -2.55. The van der Waals surface area contributed by atoms with Gasteiger partial charge in [0.25, 0.3) is 0 Å². The number of nitrogens with zero attached hydrogens (tertiary/aromatic N) is 1. The Balaban J connectivity index is 1.26. The van der Waals surface area contributed by atoms with Crippen LogP contribution in [0.5, 0.6) is 0 Å². The van der Waals surface area contributed by atoms with Crippen molar-refractivity contribution >= 4 is 38.6 Å². The highest BCUT2D eigenvalue weighted by atomic mass is 16.4. The number of piperidine rings is 1. The molecule has 1 aliphatic heterocycles. The van der Waals surface area contributed by atoms with E-state index >= 15 is 0 Å². The molecule has 40 heavy (non-hydrogen) atoms. The van der Waals surface area contributed by atoms with Gasteiger partial charge < -0.3 is 18.8 Å². The molecule has 1 saturated heterocycles. The Hall–Kier alpha value is -3.90. The van der Waals surface area contributed by atoms with E-state index in [-0.39, 0.29) is 18.2 Å². The van der Waals surface area contributed by atoms with E-state index in [1.54, 1.807) is 6.26 Å². The van der Waals surface area contributed by atoms with Crippen LogP contribution in [0, 0.1) is 19.8 Å². The first-order valence-electron chi connectivity index (χ1n) is 14.3. The summed E-state index contributed by atoms with van der Waals surface area (Å²) in [5.41, 5.74) is 4.02. The number of carbonyl (C=O) groups is 1. The number of hydrogen-bond donors (Lipinski definition) is 1. The highest BCUT2D eigenvalue weighted by molar-refractivity contribution is 6.06. The van der Waals surface area contributed by atoms with Crippen molar-refractivity contribution in [3.8, 4) is 11.1 Å². The van der Waals surface area contributed by atoms with Gasteiger partial charge in [-0.2, -0.15) is 0 Å². The van der Waals surface area contributed by atoms with Gasteiger partial charge >= 0.3 is 5.63 Å². The number of furan rings is 1. The Kier molecular flexibility index (Phi) is 5.86. The number of hydrogen-bond acceptors (Lipinski definition) is 5. The molecule has 1 amide bonds. The smallest absolute Gasteiger partial charge is 0.340 e. The summed E-state index contributed by atoms with van der Waals surface area (Å²) in [6, 6.07) is 16.7. The van der Waals surface area contributed by atoms with Crippen molar-refractivity contribution in [1.29, 1.82) is 0 Å². The Morgan fingerprint density at radius 1 is 1.00 bits per heavy atom. The molecule has 2 aliphatic rings. The van der Waals surface area contributed by atoms with Crippen LogP contribution in [0.4, 0.5) is 0 Å². The second-order valence-corrected chi connectivity index (χ2v) is 11.8. The summed E-state index contributed by atoms with van der Waals surface area (Å²) >= 11 is 0. The third-order valence-electron chi connectivity index (χ3n) is 9.51. The number of aryl methyl sites for hydroxylation is 2. The van der Waals surface area contributed by atoms with Crippen molar-refractivity contribution in [3.05, 3.63) is 81.9 Å². The molecule has 1 N–H and O–H groups in total. The Bertz CT molecular complexity index is 1860. The van der Waals surface area contributed by atoms with Gasteiger partial charge in [-0.15, -0.1) is 0 Å². The minimum atomic E-state index is -0.650. The molecule has 1 saturated carbocycles. The van der Waals surface area contributed by atoms with Crippen molar-refractivity contribution in [2.24, 2.45) is 5.92 Å². The van der Waals surface area contributed by atoms with Gasteiger partial charge in [-0.25, -0.2) is 4.79 Å². The summed E-state index contributed by atoms with van der Waals surface area (Å²) in [5, 5.41) is 15.1. The zero-order valence-electron chi connectivity index (χ0n) is 23.0. The Morgan fingerprint density at radius 2 is 1.82 bits per heavy atom. The molecular formula is C34H33NO5. The molecule has 0 radical (unpaired) electrons. The maximum atomic E-state index is 13.4. The normalized spacial score (nSPS) is 21.3. The van der Waals surface area contributed by atoms with Crippen LogP contribution in [0.2, 0.25) is 0 Å². The average Bonchev–Trinajstić information content (AvgIpc) is 3.39. The van der Waals surface area contributed by atoms with Gasteiger partial charge in [0.1, 0.15) is 11.2 Å². The van der Waals surface area contributed by atoms with E-state index in [4.69, 9.17) is 8.83 Å². The minimum absolute atomic E-state index is 0.00470. The summed E-state index contributed by atoms with van der Waals surface area (Å²) in [5.74, 6) is 0.0268. The van der Waals surface area contributed by atoms with E-state index in [9.17, 15) is 14.7 Å². The summed E-state index contributed by atoms with van der Waals surface area (Å²) in [7, 11) is 0. The molecule has 6 heteroatoms. The van der Waals surface area contributed by atoms with Crippen LogP contribution >= 0.6 is 0 Å². The van der Waals surface area contributed by atoms with Crippen LogP contribution < -0.4 is 5.63 Å². The van der Waals surface area contributed by atoms with Gasteiger partial charge in [-0.05, 0) is 67.1 Å². The average molecular weight is 536 g/mol. The lowest BCUT2D eigenvalue weighted by molar-refractivity contribution is -0.142. The lowest BCUT2D eigenvalue weighted by atomic mass is 9.71. The quantitative estimate of drug-likeness (QED) is 0.261. The summed E-state index contributed by atoms with van der Waals surface area (Å²) in [6.07, 6.45) is 6.25. The van der Waals surface area contributed by atoms with Gasteiger partial charge in [0.2, 0.25) is 5.91 Å². The van der Waals surface area contributed by atoms with Crippen LogP contribution in [0.15, 0.2) is 68.4 Å². The van der Waals surface area contributed by atoms with E-state index in [0.29, 0.717) is 36.2 Å². The monoisotopic (exact) mass is 535 g/mol. The fourth-order valence-electron chi connectivity index (χ4n) is 7.04. The predicted molar refractivity (Wildman–Crippen MR) is 156 cm³/mol. The molecule has 204 valence electrons. The van der Waals surface area contributed by atoms with Crippen molar-refractivity contribution in [1.82, 2.24) is 4.90 Å². The maximum absolute atomic E-state index is 13.4. The van der Waals surface area contributed by atoms with Gasteiger partial charge in [-0.3, -0.25) is 4.79 Å². The zero-order chi connectivity index (χ0) is 27.6. The zero-order valence-corrected chi connectivity index (χ0v) is 23.0. The second-order valence-electron chi connectivity index (χ2n) is 11.8. The first kappa shape index (κ1) is 25.1. The molecular weight excluding hydrogens is 502 g/mol. The SMILES string of the molecule is Cc1c(CC(=O)N2CC[C@]3(O)CCCC[C@H]3C2)c(=O)oc2c(C)c3occ(-c4ccc5ccccc5c4)c3cc12. The van der Waals surface area contributed by atoms with E-state index in [2.05, 4.69) is 30.3 Å². The molecule has 0 spiro atoms. The first-order chi connectivity index (χ1) is 19.3. The predicted octanol–water partition coefficient (Wildman–Crippen LogP) is 6.67. The van der Waals surface area contributed by atoms with Crippen LogP contribution in [0.3, 0.4) is 0 Å². The summed E-state index contributed by atoms with van der Waals surface area (Å²) in [4.78, 5) is 28.4. The van der Waals surface area contributed by atoms with E-state index in [1.165, 1.54) is 5.39 Å². The molecule has 0 bridgehead atoms. The van der Waals surface area contributed by atoms with Crippen LogP contribution in [-0.2, 0) is 11.2 Å². The third kappa shape index (κ3) is 3.96. The second kappa shape index (κ2) is 9.34. The van der Waals surface area contributed by atoms with Crippen LogP contribution in [-0.4, -0.2) is 34.6 Å². The molecule has 2 fully saturated rings. The Labute approximate surface area is 232 Å². The van der Waals surface area contributed by atoms with Crippen LogP contribution in [0.1, 0.15) is 48.8 Å². The van der Waals surface area contributed by atoms with Crippen molar-refractivity contribution in [2.75, 3.05) is 13.1 Å².